The molecule has 2 atom stereocenters. The van der Waals surface area contributed by atoms with E-state index in [1.807, 2.05) is 6.08 Å². The van der Waals surface area contributed by atoms with Crippen LogP contribution in [0.3, 0.4) is 0 Å². The minimum absolute atomic E-state index is 0.440. The second kappa shape index (κ2) is 3.70. The van der Waals surface area contributed by atoms with Gasteiger partial charge in [-0.15, -0.1) is 6.58 Å². The molecule has 0 bridgehead atoms. The second-order valence-electron chi connectivity index (χ2n) is 3.54. The Morgan fingerprint density at radius 3 is 3.09 bits per heavy atom. The van der Waals surface area contributed by atoms with Crippen LogP contribution >= 0.6 is 0 Å². The van der Waals surface area contributed by atoms with Gasteiger partial charge in [-0.1, -0.05) is 13.0 Å². The third kappa shape index (κ3) is 2.18. The van der Waals surface area contributed by atoms with Crippen LogP contribution in [0.4, 0.5) is 0 Å². The van der Waals surface area contributed by atoms with Crippen molar-refractivity contribution in [2.45, 2.75) is 32.6 Å². The van der Waals surface area contributed by atoms with E-state index in [-0.39, 0.29) is 0 Å². The first-order valence-corrected chi connectivity index (χ1v) is 4.36. The van der Waals surface area contributed by atoms with Crippen molar-refractivity contribution in [1.82, 2.24) is 0 Å². The van der Waals surface area contributed by atoms with Crippen LogP contribution in [0.1, 0.15) is 32.6 Å². The summed E-state index contributed by atoms with van der Waals surface area (Å²) in [6.45, 7) is 5.94. The Hall–Kier alpha value is -0.590. The van der Waals surface area contributed by atoms with Crippen LogP contribution in [-0.4, -0.2) is 5.78 Å². The molecule has 1 fully saturated rings. The van der Waals surface area contributed by atoms with Crippen LogP contribution in [0, 0.1) is 11.8 Å². The molecule has 0 radical (unpaired) electrons. The summed E-state index contributed by atoms with van der Waals surface area (Å²) < 4.78 is 0. The molecule has 11 heavy (non-hydrogen) atoms. The van der Waals surface area contributed by atoms with Gasteiger partial charge in [0.2, 0.25) is 0 Å². The van der Waals surface area contributed by atoms with E-state index in [1.54, 1.807) is 0 Å². The van der Waals surface area contributed by atoms with Gasteiger partial charge in [0, 0.05) is 12.8 Å². The van der Waals surface area contributed by atoms with E-state index in [0.29, 0.717) is 17.6 Å². The molecule has 0 aromatic heterocycles. The minimum Gasteiger partial charge on any atom is -0.300 e. The molecule has 1 nitrogen and oxygen atoms in total. The highest BCUT2D eigenvalue weighted by atomic mass is 16.1. The van der Waals surface area contributed by atoms with Crippen LogP contribution in [-0.2, 0) is 4.79 Å². The van der Waals surface area contributed by atoms with Crippen molar-refractivity contribution in [3.63, 3.8) is 0 Å². The normalized spacial score (nSPS) is 31.9. The molecule has 0 heterocycles. The van der Waals surface area contributed by atoms with Crippen LogP contribution in [0.25, 0.3) is 0 Å². The number of Topliss-reactive ketones (excluding diaryl/α,β-unsaturated/α-hetero) is 1. The molecule has 1 aliphatic carbocycles. The third-order valence-corrected chi connectivity index (χ3v) is 2.64. The van der Waals surface area contributed by atoms with Crippen molar-refractivity contribution in [3.8, 4) is 0 Å². The monoisotopic (exact) mass is 152 g/mol. The van der Waals surface area contributed by atoms with Crippen LogP contribution in [0.15, 0.2) is 12.7 Å². The van der Waals surface area contributed by atoms with Crippen molar-refractivity contribution in [1.29, 1.82) is 0 Å². The fourth-order valence-electron chi connectivity index (χ4n) is 1.75. The molecule has 1 rings (SSSR count). The summed E-state index contributed by atoms with van der Waals surface area (Å²) in [4.78, 5) is 11.1. The topological polar surface area (TPSA) is 17.1 Å². The molecule has 62 valence electrons. The van der Waals surface area contributed by atoms with Gasteiger partial charge in [-0.05, 0) is 24.7 Å². The van der Waals surface area contributed by atoms with Gasteiger partial charge in [0.05, 0.1) is 0 Å². The third-order valence-electron chi connectivity index (χ3n) is 2.64. The number of carbonyl (C=O) groups excluding carboxylic acids is 1. The first-order chi connectivity index (χ1) is 5.24. The Balaban J connectivity index is 2.46. The summed E-state index contributed by atoms with van der Waals surface area (Å²) in [6.07, 6.45) is 5.60. The molecule has 0 N–H and O–H groups in total. The number of rotatable bonds is 2. The van der Waals surface area contributed by atoms with E-state index < -0.39 is 0 Å². The summed E-state index contributed by atoms with van der Waals surface area (Å²) in [7, 11) is 0. The molecule has 0 amide bonds. The summed E-state index contributed by atoms with van der Waals surface area (Å²) in [5.74, 6) is 1.73. The maximum Gasteiger partial charge on any atom is 0.133 e. The fourth-order valence-corrected chi connectivity index (χ4v) is 1.75. The Morgan fingerprint density at radius 1 is 1.73 bits per heavy atom. The predicted molar refractivity (Wildman–Crippen MR) is 46.3 cm³/mol. The maximum absolute atomic E-state index is 11.1. The van der Waals surface area contributed by atoms with Gasteiger partial charge in [-0.3, -0.25) is 4.79 Å². The van der Waals surface area contributed by atoms with Crippen molar-refractivity contribution >= 4 is 5.78 Å². The average Bonchev–Trinajstić information content (AvgIpc) is 1.98. The molecule has 1 heteroatoms. The van der Waals surface area contributed by atoms with E-state index in [9.17, 15) is 4.79 Å². The second-order valence-corrected chi connectivity index (χ2v) is 3.54. The zero-order valence-corrected chi connectivity index (χ0v) is 7.18. The number of ketones is 1. The number of hydrogen-bond donors (Lipinski definition) is 0. The van der Waals surface area contributed by atoms with E-state index in [4.69, 9.17) is 0 Å². The quantitative estimate of drug-likeness (QED) is 0.556. The average molecular weight is 152 g/mol. The van der Waals surface area contributed by atoms with Gasteiger partial charge in [0.25, 0.3) is 0 Å². The number of hydrogen-bond acceptors (Lipinski definition) is 1. The highest BCUT2D eigenvalue weighted by molar-refractivity contribution is 5.79. The van der Waals surface area contributed by atoms with Crippen LogP contribution in [0.5, 0.6) is 0 Å². The molecular weight excluding hydrogens is 136 g/mol. The molecule has 2 unspecified atom stereocenters. The van der Waals surface area contributed by atoms with Crippen LogP contribution < -0.4 is 0 Å². The van der Waals surface area contributed by atoms with Crippen molar-refractivity contribution < 1.29 is 4.79 Å². The van der Waals surface area contributed by atoms with Crippen LogP contribution in [0.2, 0.25) is 0 Å². The van der Waals surface area contributed by atoms with Crippen molar-refractivity contribution in [3.05, 3.63) is 12.7 Å². The molecule has 0 saturated heterocycles. The Morgan fingerprint density at radius 2 is 2.45 bits per heavy atom. The van der Waals surface area contributed by atoms with Crippen molar-refractivity contribution in [2.75, 3.05) is 0 Å². The lowest BCUT2D eigenvalue weighted by Crippen LogP contribution is -2.22. The molecule has 0 aromatic rings. The van der Waals surface area contributed by atoms with Crippen molar-refractivity contribution in [2.24, 2.45) is 11.8 Å². The molecule has 0 spiro atoms. The zero-order chi connectivity index (χ0) is 8.27. The number of allylic oxidation sites excluding steroid dienone is 1. The molecule has 0 aromatic carbocycles. The highest BCUT2D eigenvalue weighted by Crippen LogP contribution is 2.29. The Labute approximate surface area is 68.5 Å². The zero-order valence-electron chi connectivity index (χ0n) is 7.18. The summed E-state index contributed by atoms with van der Waals surface area (Å²) in [6, 6.07) is 0. The van der Waals surface area contributed by atoms with Gasteiger partial charge in [-0.2, -0.15) is 0 Å². The SMILES string of the molecule is C=CCC1CC(=O)CCC1C. The predicted octanol–water partition coefficient (Wildman–Crippen LogP) is 2.57. The maximum atomic E-state index is 11.1. The van der Waals surface area contributed by atoms with Gasteiger partial charge in [-0.25, -0.2) is 0 Å². The minimum atomic E-state index is 0.440. The van der Waals surface area contributed by atoms with Gasteiger partial charge in [0.15, 0.2) is 0 Å². The summed E-state index contributed by atoms with van der Waals surface area (Å²) in [5.41, 5.74) is 0. The first-order valence-electron chi connectivity index (χ1n) is 4.36. The van der Waals surface area contributed by atoms with Gasteiger partial charge >= 0.3 is 0 Å². The summed E-state index contributed by atoms with van der Waals surface area (Å²) >= 11 is 0. The number of carbonyl (C=O) groups is 1. The Kier molecular flexibility index (Phi) is 2.86. The molecule has 1 aliphatic rings. The first kappa shape index (κ1) is 8.51. The smallest absolute Gasteiger partial charge is 0.133 e. The van der Waals surface area contributed by atoms with Gasteiger partial charge < -0.3 is 0 Å². The largest absolute Gasteiger partial charge is 0.300 e. The highest BCUT2D eigenvalue weighted by Gasteiger charge is 2.24. The van der Waals surface area contributed by atoms with Gasteiger partial charge in [0.1, 0.15) is 5.78 Å². The molecule has 1 saturated carbocycles. The lowest BCUT2D eigenvalue weighted by molar-refractivity contribution is -0.122. The Bertz CT molecular complexity index is 160. The van der Waals surface area contributed by atoms with E-state index in [1.165, 1.54) is 0 Å². The molecular formula is C10H16O. The van der Waals surface area contributed by atoms with E-state index in [2.05, 4.69) is 13.5 Å². The lowest BCUT2D eigenvalue weighted by atomic mass is 9.78. The fraction of sp³-hybridized carbons (Fsp3) is 0.700. The van der Waals surface area contributed by atoms with E-state index >= 15 is 0 Å². The lowest BCUT2D eigenvalue weighted by Gasteiger charge is -2.26. The van der Waals surface area contributed by atoms with E-state index in [0.717, 1.165) is 25.7 Å². The molecule has 0 aliphatic heterocycles. The standard InChI is InChI=1S/C10H16O/c1-3-4-9-7-10(11)6-5-8(9)2/h3,8-9H,1,4-7H2,2H3. The summed E-state index contributed by atoms with van der Waals surface area (Å²) in [5, 5.41) is 0.